The van der Waals surface area contributed by atoms with E-state index in [1.165, 1.54) is 19.3 Å². The van der Waals surface area contributed by atoms with E-state index in [9.17, 15) is 5.11 Å². The Morgan fingerprint density at radius 3 is 2.59 bits per heavy atom. The molecule has 0 spiro atoms. The van der Waals surface area contributed by atoms with Gasteiger partial charge in [0.2, 0.25) is 0 Å². The number of phenols is 1. The van der Waals surface area contributed by atoms with Crippen LogP contribution in [0.3, 0.4) is 0 Å². The van der Waals surface area contributed by atoms with Gasteiger partial charge in [-0.15, -0.1) is 20.4 Å². The predicted octanol–water partition coefficient (Wildman–Crippen LogP) is 2.58. The van der Waals surface area contributed by atoms with Crippen molar-refractivity contribution < 1.29 is 14.6 Å². The van der Waals surface area contributed by atoms with Gasteiger partial charge >= 0.3 is 0 Å². The van der Waals surface area contributed by atoms with Gasteiger partial charge in [0.1, 0.15) is 19.0 Å². The van der Waals surface area contributed by atoms with Gasteiger partial charge in [0.25, 0.3) is 5.88 Å². The Balaban J connectivity index is 1.20. The van der Waals surface area contributed by atoms with Gasteiger partial charge in [0.15, 0.2) is 17.4 Å². The molecule has 2 saturated heterocycles. The Kier molecular flexibility index (Phi) is 5.37. The second kappa shape index (κ2) is 8.68. The average molecular weight is 462 g/mol. The topological polar surface area (TPSA) is 118 Å². The van der Waals surface area contributed by atoms with E-state index in [2.05, 4.69) is 42.6 Å². The average Bonchev–Trinajstić information content (AvgIpc) is 2.88. The zero-order chi connectivity index (χ0) is 23.1. The maximum atomic E-state index is 10.7. The van der Waals surface area contributed by atoms with Gasteiger partial charge in [-0.2, -0.15) is 0 Å². The van der Waals surface area contributed by atoms with E-state index in [-0.39, 0.29) is 5.75 Å². The van der Waals surface area contributed by atoms with Gasteiger partial charge < -0.3 is 24.8 Å². The molecule has 0 unspecified atom stereocenters. The molecule has 2 N–H and O–H groups in total. The van der Waals surface area contributed by atoms with E-state index in [4.69, 9.17) is 9.47 Å². The van der Waals surface area contributed by atoms with Crippen LogP contribution < -0.4 is 19.7 Å². The van der Waals surface area contributed by atoms with E-state index in [0.29, 0.717) is 65.6 Å². The molecule has 10 nitrogen and oxygen atoms in total. The molecule has 3 atom stereocenters. The number of benzene rings is 1. The SMILES string of the molecule is CN(c1cnc(-c2ccc(-c3cc4c(nn3)OCCO4)cc2O)nn1)[C@@H]1C[C@H]2CCC[C@@H](C1)N2. The first kappa shape index (κ1) is 21.0. The Labute approximate surface area is 197 Å². The minimum Gasteiger partial charge on any atom is -0.507 e. The van der Waals surface area contributed by atoms with Gasteiger partial charge in [-0.05, 0) is 37.8 Å². The lowest BCUT2D eigenvalue weighted by atomic mass is 9.83. The predicted molar refractivity (Wildman–Crippen MR) is 125 cm³/mol. The lowest BCUT2D eigenvalue weighted by molar-refractivity contribution is 0.162. The van der Waals surface area contributed by atoms with Crippen molar-refractivity contribution in [1.82, 2.24) is 30.7 Å². The van der Waals surface area contributed by atoms with Crippen molar-refractivity contribution in [3.8, 4) is 40.0 Å². The number of ether oxygens (including phenoxy) is 2. The fourth-order valence-corrected chi connectivity index (χ4v) is 5.17. The molecule has 2 bridgehead atoms. The summed E-state index contributed by atoms with van der Waals surface area (Å²) in [6.07, 6.45) is 7.77. The quantitative estimate of drug-likeness (QED) is 0.600. The Morgan fingerprint density at radius 2 is 1.82 bits per heavy atom. The fraction of sp³-hybridized carbons (Fsp3) is 0.458. The molecule has 5 heterocycles. The highest BCUT2D eigenvalue weighted by Gasteiger charge is 2.33. The van der Waals surface area contributed by atoms with E-state index in [1.807, 2.05) is 6.07 Å². The first-order valence-electron chi connectivity index (χ1n) is 11.8. The van der Waals surface area contributed by atoms with E-state index >= 15 is 0 Å². The molecule has 0 radical (unpaired) electrons. The third-order valence-electron chi connectivity index (χ3n) is 6.99. The van der Waals surface area contributed by atoms with Gasteiger partial charge in [-0.1, -0.05) is 12.5 Å². The van der Waals surface area contributed by atoms with Gasteiger partial charge in [0.05, 0.1) is 17.5 Å². The van der Waals surface area contributed by atoms with Crippen LogP contribution in [0.2, 0.25) is 0 Å². The zero-order valence-corrected chi connectivity index (χ0v) is 19.0. The molecule has 0 saturated carbocycles. The third kappa shape index (κ3) is 3.98. The summed E-state index contributed by atoms with van der Waals surface area (Å²) in [7, 11) is 2.07. The first-order chi connectivity index (χ1) is 16.6. The number of rotatable bonds is 4. The molecule has 3 aromatic rings. The van der Waals surface area contributed by atoms with E-state index < -0.39 is 0 Å². The van der Waals surface area contributed by atoms with Crippen LogP contribution in [0.4, 0.5) is 5.82 Å². The van der Waals surface area contributed by atoms with Crippen molar-refractivity contribution in [3.63, 3.8) is 0 Å². The molecule has 2 aromatic heterocycles. The number of aromatic nitrogens is 5. The highest BCUT2D eigenvalue weighted by Crippen LogP contribution is 2.35. The van der Waals surface area contributed by atoms with Crippen LogP contribution in [0, 0.1) is 0 Å². The zero-order valence-electron chi connectivity index (χ0n) is 19.0. The number of nitrogens with one attached hydrogen (secondary N) is 1. The smallest absolute Gasteiger partial charge is 0.276 e. The highest BCUT2D eigenvalue weighted by atomic mass is 16.6. The number of hydrogen-bond acceptors (Lipinski definition) is 10. The van der Waals surface area contributed by atoms with Crippen molar-refractivity contribution >= 4 is 5.82 Å². The molecule has 34 heavy (non-hydrogen) atoms. The van der Waals surface area contributed by atoms with Crippen LogP contribution in [0.25, 0.3) is 22.6 Å². The second-order valence-electron chi connectivity index (χ2n) is 9.20. The standard InChI is InChI=1S/C24H27N7O3/c1-31(17-10-15-3-2-4-16(11-17)26-15)22-13-25-23(29-28-22)18-6-5-14(9-20(18)32)19-12-21-24(30-27-19)34-8-7-33-21/h5-6,9,12-13,15-17,26,32H,2-4,7-8,10-11H2,1H3/t15-,16+,17-. The lowest BCUT2D eigenvalue weighted by Crippen LogP contribution is -2.54. The molecule has 6 rings (SSSR count). The van der Waals surface area contributed by atoms with Crippen molar-refractivity contribution in [3.05, 3.63) is 30.5 Å². The maximum Gasteiger partial charge on any atom is 0.276 e. The van der Waals surface area contributed by atoms with E-state index in [0.717, 1.165) is 18.7 Å². The van der Waals surface area contributed by atoms with Crippen LogP contribution in [0.1, 0.15) is 32.1 Å². The molecule has 0 aliphatic carbocycles. The molecular weight excluding hydrogens is 434 g/mol. The van der Waals surface area contributed by atoms with Crippen LogP contribution in [0.15, 0.2) is 30.5 Å². The lowest BCUT2D eigenvalue weighted by Gasteiger charge is -2.43. The molecule has 10 heteroatoms. The third-order valence-corrected chi connectivity index (χ3v) is 6.99. The summed E-state index contributed by atoms with van der Waals surface area (Å²) >= 11 is 0. The Hall–Kier alpha value is -3.53. The number of hydrogen-bond donors (Lipinski definition) is 2. The van der Waals surface area contributed by atoms with Gasteiger partial charge in [0, 0.05) is 36.8 Å². The van der Waals surface area contributed by atoms with Crippen molar-refractivity contribution in [2.24, 2.45) is 0 Å². The summed E-state index contributed by atoms with van der Waals surface area (Å²) in [6.45, 7) is 0.925. The minimum atomic E-state index is 0.0447. The van der Waals surface area contributed by atoms with Crippen molar-refractivity contribution in [2.45, 2.75) is 50.2 Å². The molecule has 176 valence electrons. The summed E-state index contributed by atoms with van der Waals surface area (Å²) in [5, 5.41) is 31.4. The Bertz CT molecular complexity index is 1180. The highest BCUT2D eigenvalue weighted by molar-refractivity contribution is 5.72. The van der Waals surface area contributed by atoms with Crippen LogP contribution in [-0.4, -0.2) is 68.9 Å². The summed E-state index contributed by atoms with van der Waals surface area (Å²) in [5.41, 5.74) is 1.78. The van der Waals surface area contributed by atoms with Crippen molar-refractivity contribution in [1.29, 1.82) is 0 Å². The molecule has 3 aliphatic heterocycles. The number of anilines is 1. The number of piperidine rings is 2. The molecular formula is C24H27N7O3. The van der Waals surface area contributed by atoms with Gasteiger partial charge in [-0.3, -0.25) is 0 Å². The van der Waals surface area contributed by atoms with Gasteiger partial charge in [-0.25, -0.2) is 4.98 Å². The molecule has 2 fully saturated rings. The normalized spacial score (nSPS) is 23.4. The number of phenolic OH excluding ortho intramolecular Hbond substituents is 1. The molecule has 1 aromatic carbocycles. The summed E-state index contributed by atoms with van der Waals surface area (Å²) < 4.78 is 11.0. The summed E-state index contributed by atoms with van der Waals surface area (Å²) in [4.78, 5) is 6.70. The largest absolute Gasteiger partial charge is 0.507 e. The van der Waals surface area contributed by atoms with Crippen LogP contribution in [0.5, 0.6) is 17.4 Å². The van der Waals surface area contributed by atoms with Crippen LogP contribution in [-0.2, 0) is 0 Å². The summed E-state index contributed by atoms with van der Waals surface area (Å²) in [6, 6.07) is 8.59. The first-order valence-corrected chi connectivity index (χ1v) is 11.8. The minimum absolute atomic E-state index is 0.0447. The maximum absolute atomic E-state index is 10.7. The summed E-state index contributed by atoms with van der Waals surface area (Å²) in [5.74, 6) is 2.09. The number of fused-ring (bicyclic) bond motifs is 3. The number of nitrogens with zero attached hydrogens (tertiary/aromatic N) is 6. The van der Waals surface area contributed by atoms with Crippen LogP contribution >= 0.6 is 0 Å². The fourth-order valence-electron chi connectivity index (χ4n) is 5.17. The Morgan fingerprint density at radius 1 is 1.00 bits per heavy atom. The second-order valence-corrected chi connectivity index (χ2v) is 9.20. The van der Waals surface area contributed by atoms with Crippen molar-refractivity contribution in [2.75, 3.05) is 25.2 Å². The monoisotopic (exact) mass is 461 g/mol. The number of aromatic hydroxyl groups is 1. The molecule has 3 aliphatic rings. The molecule has 0 amide bonds. The van der Waals surface area contributed by atoms with E-state index in [1.54, 1.807) is 24.4 Å².